The van der Waals surface area contributed by atoms with Gasteiger partial charge >= 0.3 is 0 Å². The number of amides is 1. The van der Waals surface area contributed by atoms with Gasteiger partial charge in [-0.05, 0) is 31.1 Å². The fourth-order valence-corrected chi connectivity index (χ4v) is 3.87. The highest BCUT2D eigenvalue weighted by atomic mass is 16.3. The van der Waals surface area contributed by atoms with Crippen molar-refractivity contribution in [3.63, 3.8) is 0 Å². The van der Waals surface area contributed by atoms with E-state index in [1.165, 1.54) is 25.7 Å². The summed E-state index contributed by atoms with van der Waals surface area (Å²) in [5.74, 6) is 1.13. The van der Waals surface area contributed by atoms with Crippen molar-refractivity contribution in [3.05, 3.63) is 0 Å². The van der Waals surface area contributed by atoms with Crippen LogP contribution in [0.5, 0.6) is 0 Å². The van der Waals surface area contributed by atoms with Crippen molar-refractivity contribution in [2.45, 2.75) is 63.6 Å². The lowest BCUT2D eigenvalue weighted by Crippen LogP contribution is -2.68. The Bertz CT molecular complexity index is 349. The van der Waals surface area contributed by atoms with Crippen LogP contribution in [0, 0.1) is 11.8 Å². The maximum atomic E-state index is 12.4. The van der Waals surface area contributed by atoms with Crippen molar-refractivity contribution in [2.75, 3.05) is 13.1 Å². The molecule has 108 valence electrons. The Hall–Kier alpha value is -0.610. The van der Waals surface area contributed by atoms with E-state index in [4.69, 9.17) is 0 Å². The molecule has 0 radical (unpaired) electrons. The van der Waals surface area contributed by atoms with Gasteiger partial charge in [-0.15, -0.1) is 0 Å². The lowest BCUT2D eigenvalue weighted by atomic mass is 9.82. The fraction of sp³-hybridized carbons (Fsp3) is 0.933. The highest BCUT2D eigenvalue weighted by Crippen LogP contribution is 2.35. The summed E-state index contributed by atoms with van der Waals surface area (Å²) >= 11 is 0. The fourth-order valence-electron chi connectivity index (χ4n) is 3.87. The van der Waals surface area contributed by atoms with Crippen molar-refractivity contribution in [2.24, 2.45) is 11.8 Å². The van der Waals surface area contributed by atoms with Gasteiger partial charge in [0.25, 0.3) is 0 Å². The summed E-state index contributed by atoms with van der Waals surface area (Å²) in [5.41, 5.74) is -0.652. The van der Waals surface area contributed by atoms with Gasteiger partial charge in [0, 0.05) is 6.04 Å². The Morgan fingerprint density at radius 2 is 2.00 bits per heavy atom. The minimum Gasteiger partial charge on any atom is -0.386 e. The second kappa shape index (κ2) is 4.74. The molecule has 0 aromatic rings. The Balaban J connectivity index is 1.55. The standard InChI is InChI=1S/C15H26N2O2/c1-10(2)15(19)8-17(9-15)14(18)13-7-11-5-3-4-6-12(11)16-13/h10-13,16,19H,3-9H2,1-2H3. The van der Waals surface area contributed by atoms with E-state index >= 15 is 0 Å². The smallest absolute Gasteiger partial charge is 0.239 e. The summed E-state index contributed by atoms with van der Waals surface area (Å²) in [4.78, 5) is 14.3. The zero-order valence-electron chi connectivity index (χ0n) is 12.1. The molecular formula is C15H26N2O2. The van der Waals surface area contributed by atoms with E-state index in [0.717, 1.165) is 6.42 Å². The number of hydrogen-bond donors (Lipinski definition) is 2. The molecule has 0 spiro atoms. The molecule has 0 aromatic carbocycles. The first kappa shape index (κ1) is 13.4. The van der Waals surface area contributed by atoms with Gasteiger partial charge in [-0.2, -0.15) is 0 Å². The molecule has 19 heavy (non-hydrogen) atoms. The number of nitrogens with one attached hydrogen (secondary N) is 1. The summed E-state index contributed by atoms with van der Waals surface area (Å²) in [6.45, 7) is 5.06. The Morgan fingerprint density at radius 3 is 2.63 bits per heavy atom. The molecule has 3 aliphatic rings. The third-order valence-corrected chi connectivity index (χ3v) is 5.48. The number of carbonyl (C=O) groups excluding carboxylic acids is 1. The summed E-state index contributed by atoms with van der Waals surface area (Å²) in [6, 6.07) is 0.567. The average Bonchev–Trinajstić information content (AvgIpc) is 2.77. The molecule has 2 saturated heterocycles. The first-order valence-corrected chi connectivity index (χ1v) is 7.77. The Labute approximate surface area is 115 Å². The minimum absolute atomic E-state index is 0.00446. The van der Waals surface area contributed by atoms with Crippen LogP contribution in [0.15, 0.2) is 0 Å². The van der Waals surface area contributed by atoms with Gasteiger partial charge < -0.3 is 15.3 Å². The van der Waals surface area contributed by atoms with Crippen LogP contribution in [0.1, 0.15) is 46.0 Å². The Morgan fingerprint density at radius 1 is 1.32 bits per heavy atom. The number of carbonyl (C=O) groups is 1. The zero-order valence-corrected chi connectivity index (χ0v) is 12.1. The van der Waals surface area contributed by atoms with E-state index in [1.807, 2.05) is 18.7 Å². The number of nitrogens with zero attached hydrogens (tertiary/aromatic N) is 1. The van der Waals surface area contributed by atoms with Gasteiger partial charge in [-0.3, -0.25) is 4.79 Å². The average molecular weight is 266 g/mol. The van der Waals surface area contributed by atoms with Crippen LogP contribution in [0.25, 0.3) is 0 Å². The van der Waals surface area contributed by atoms with E-state index in [9.17, 15) is 9.90 Å². The monoisotopic (exact) mass is 266 g/mol. The Kier molecular flexibility index (Phi) is 3.34. The molecule has 3 rings (SSSR count). The third kappa shape index (κ3) is 2.29. The molecule has 0 bridgehead atoms. The minimum atomic E-state index is -0.652. The molecule has 3 fully saturated rings. The largest absolute Gasteiger partial charge is 0.386 e. The lowest BCUT2D eigenvalue weighted by molar-refractivity contribution is -0.165. The molecule has 2 heterocycles. The van der Waals surface area contributed by atoms with Crippen molar-refractivity contribution in [1.29, 1.82) is 0 Å². The van der Waals surface area contributed by atoms with E-state index in [2.05, 4.69) is 5.32 Å². The van der Waals surface area contributed by atoms with Crippen LogP contribution in [0.3, 0.4) is 0 Å². The molecule has 2 N–H and O–H groups in total. The van der Waals surface area contributed by atoms with Crippen molar-refractivity contribution in [1.82, 2.24) is 10.2 Å². The molecule has 3 atom stereocenters. The highest BCUT2D eigenvalue weighted by molar-refractivity contribution is 5.83. The van der Waals surface area contributed by atoms with E-state index in [-0.39, 0.29) is 17.9 Å². The molecule has 4 nitrogen and oxygen atoms in total. The highest BCUT2D eigenvalue weighted by Gasteiger charge is 2.49. The lowest BCUT2D eigenvalue weighted by Gasteiger charge is -2.49. The summed E-state index contributed by atoms with van der Waals surface area (Å²) < 4.78 is 0. The first-order valence-electron chi connectivity index (χ1n) is 7.77. The van der Waals surface area contributed by atoms with Gasteiger partial charge in [0.15, 0.2) is 0 Å². The second-order valence-electron chi connectivity index (χ2n) is 7.06. The van der Waals surface area contributed by atoms with Crippen molar-refractivity contribution in [3.8, 4) is 0 Å². The molecule has 2 aliphatic heterocycles. The quantitative estimate of drug-likeness (QED) is 0.788. The predicted molar refractivity (Wildman–Crippen MR) is 73.7 cm³/mol. The van der Waals surface area contributed by atoms with E-state index in [1.54, 1.807) is 0 Å². The number of fused-ring (bicyclic) bond motifs is 1. The molecule has 1 amide bonds. The van der Waals surface area contributed by atoms with Gasteiger partial charge in [0.05, 0.1) is 19.1 Å². The normalized spacial score (nSPS) is 37.1. The van der Waals surface area contributed by atoms with Gasteiger partial charge in [0.1, 0.15) is 5.60 Å². The van der Waals surface area contributed by atoms with Crippen LogP contribution in [-0.2, 0) is 4.79 Å². The topological polar surface area (TPSA) is 52.6 Å². The van der Waals surface area contributed by atoms with Gasteiger partial charge in [0.2, 0.25) is 5.91 Å². The third-order valence-electron chi connectivity index (χ3n) is 5.48. The maximum Gasteiger partial charge on any atom is 0.239 e. The van der Waals surface area contributed by atoms with Crippen LogP contribution < -0.4 is 5.32 Å². The number of aliphatic hydroxyl groups is 1. The molecule has 1 aliphatic carbocycles. The van der Waals surface area contributed by atoms with Crippen LogP contribution in [0.2, 0.25) is 0 Å². The predicted octanol–water partition coefficient (Wildman–Crippen LogP) is 1.14. The van der Waals surface area contributed by atoms with Crippen molar-refractivity contribution >= 4 is 5.91 Å². The van der Waals surface area contributed by atoms with Crippen molar-refractivity contribution < 1.29 is 9.90 Å². The van der Waals surface area contributed by atoms with Crippen LogP contribution in [0.4, 0.5) is 0 Å². The number of hydrogen-bond acceptors (Lipinski definition) is 3. The van der Waals surface area contributed by atoms with Crippen LogP contribution >= 0.6 is 0 Å². The van der Waals surface area contributed by atoms with Gasteiger partial charge in [-0.1, -0.05) is 26.7 Å². The number of likely N-dealkylation sites (tertiary alicyclic amines) is 1. The molecule has 4 heteroatoms. The summed E-state index contributed by atoms with van der Waals surface area (Å²) in [7, 11) is 0. The van der Waals surface area contributed by atoms with Gasteiger partial charge in [-0.25, -0.2) is 0 Å². The van der Waals surface area contributed by atoms with Crippen LogP contribution in [-0.4, -0.2) is 46.7 Å². The van der Waals surface area contributed by atoms with E-state index < -0.39 is 5.60 Å². The molecular weight excluding hydrogens is 240 g/mol. The first-order chi connectivity index (χ1) is 8.99. The maximum absolute atomic E-state index is 12.4. The number of β-amino-alcohol motifs (C(OH)–C–C–N with tert-alkyl or cyclic N) is 1. The number of rotatable bonds is 2. The summed E-state index contributed by atoms with van der Waals surface area (Å²) in [6.07, 6.45) is 6.12. The molecule has 3 unspecified atom stereocenters. The summed E-state index contributed by atoms with van der Waals surface area (Å²) in [5, 5.41) is 13.8. The van der Waals surface area contributed by atoms with E-state index in [0.29, 0.717) is 25.0 Å². The SMILES string of the molecule is CC(C)C1(O)CN(C(=O)C2CC3CCCCC3N2)C1. The second-order valence-corrected chi connectivity index (χ2v) is 7.06. The molecule has 0 aromatic heterocycles. The molecule has 1 saturated carbocycles. The zero-order chi connectivity index (χ0) is 13.6.